The second kappa shape index (κ2) is 5.17. The second-order valence-corrected chi connectivity index (χ2v) is 2.84. The summed E-state index contributed by atoms with van der Waals surface area (Å²) < 4.78 is 25.4. The Hall–Kier alpha value is -2.02. The predicted molar refractivity (Wildman–Crippen MR) is 49.0 cm³/mol. The van der Waals surface area contributed by atoms with E-state index in [-0.39, 0.29) is 5.56 Å². The van der Waals surface area contributed by atoms with E-state index in [1.807, 2.05) is 5.48 Å². The van der Waals surface area contributed by atoms with Crippen molar-refractivity contribution in [3.05, 3.63) is 35.4 Å². The summed E-state index contributed by atoms with van der Waals surface area (Å²) in [5.74, 6) is -3.44. The number of carbonyl (C=O) groups is 2. The molecular formula is C9H8F2N2O3. The molecule has 0 aliphatic carbocycles. The zero-order chi connectivity index (χ0) is 12.1. The van der Waals surface area contributed by atoms with E-state index in [1.54, 1.807) is 0 Å². The van der Waals surface area contributed by atoms with Gasteiger partial charge in [-0.3, -0.25) is 14.4 Å². The Bertz CT molecular complexity index is 403. The topological polar surface area (TPSA) is 81.4 Å². The van der Waals surface area contributed by atoms with E-state index in [9.17, 15) is 18.4 Å². The van der Waals surface area contributed by atoms with Crippen LogP contribution in [0.4, 0.5) is 8.78 Å². The Morgan fingerprint density at radius 2 is 1.81 bits per heavy atom. The first-order valence-corrected chi connectivity index (χ1v) is 4.15. The van der Waals surface area contributed by atoms with Gasteiger partial charge >= 0.3 is 0 Å². The highest BCUT2D eigenvalue weighted by Gasteiger charge is 2.09. The van der Waals surface area contributed by atoms with Crippen molar-refractivity contribution in [3.8, 4) is 0 Å². The molecule has 0 saturated heterocycles. The summed E-state index contributed by atoms with van der Waals surface area (Å²) in [6, 6.07) is 2.28. The van der Waals surface area contributed by atoms with E-state index in [0.29, 0.717) is 6.07 Å². The van der Waals surface area contributed by atoms with Crippen LogP contribution in [0.3, 0.4) is 0 Å². The molecule has 5 nitrogen and oxygen atoms in total. The van der Waals surface area contributed by atoms with Gasteiger partial charge in [-0.15, -0.1) is 0 Å². The number of amides is 2. The number of benzene rings is 1. The maximum absolute atomic E-state index is 12.7. The average molecular weight is 230 g/mol. The number of primary amides is 1. The molecule has 0 spiro atoms. The van der Waals surface area contributed by atoms with Gasteiger partial charge in [-0.2, -0.15) is 0 Å². The molecule has 0 radical (unpaired) electrons. The smallest absolute Gasteiger partial charge is 0.275 e. The normalized spacial score (nSPS) is 9.88. The van der Waals surface area contributed by atoms with E-state index in [4.69, 9.17) is 5.73 Å². The Morgan fingerprint density at radius 3 is 2.31 bits per heavy atom. The fraction of sp³-hybridized carbons (Fsp3) is 0.111. The second-order valence-electron chi connectivity index (χ2n) is 2.84. The van der Waals surface area contributed by atoms with E-state index < -0.39 is 30.1 Å². The maximum Gasteiger partial charge on any atom is 0.275 e. The van der Waals surface area contributed by atoms with Crippen LogP contribution in [0.15, 0.2) is 18.2 Å². The Labute approximate surface area is 89.1 Å². The molecule has 0 saturated carbocycles. The quantitative estimate of drug-likeness (QED) is 0.720. The largest absolute Gasteiger partial charge is 0.368 e. The molecule has 86 valence electrons. The number of hydrogen-bond donors (Lipinski definition) is 2. The number of carbonyl (C=O) groups excluding carboxylic acids is 2. The van der Waals surface area contributed by atoms with Crippen molar-refractivity contribution in [2.24, 2.45) is 5.73 Å². The summed E-state index contributed by atoms with van der Waals surface area (Å²) >= 11 is 0. The number of hydrogen-bond acceptors (Lipinski definition) is 3. The van der Waals surface area contributed by atoms with Crippen LogP contribution >= 0.6 is 0 Å². The van der Waals surface area contributed by atoms with Gasteiger partial charge in [0.15, 0.2) is 6.61 Å². The van der Waals surface area contributed by atoms with Gasteiger partial charge in [0, 0.05) is 11.6 Å². The van der Waals surface area contributed by atoms with Crippen molar-refractivity contribution in [2.75, 3.05) is 6.61 Å². The average Bonchev–Trinajstić information content (AvgIpc) is 2.15. The lowest BCUT2D eigenvalue weighted by atomic mass is 10.2. The third kappa shape index (κ3) is 3.62. The number of rotatable bonds is 4. The first-order valence-electron chi connectivity index (χ1n) is 4.15. The Kier molecular flexibility index (Phi) is 3.90. The van der Waals surface area contributed by atoms with Crippen LogP contribution < -0.4 is 11.2 Å². The van der Waals surface area contributed by atoms with Crippen LogP contribution in [0.2, 0.25) is 0 Å². The summed E-state index contributed by atoms with van der Waals surface area (Å²) in [5.41, 5.74) is 6.28. The predicted octanol–water partition coefficient (Wildman–Crippen LogP) is 0.111. The molecular weight excluding hydrogens is 222 g/mol. The number of halogens is 2. The first-order chi connectivity index (χ1) is 7.49. The van der Waals surface area contributed by atoms with Crippen LogP contribution in [0.1, 0.15) is 10.4 Å². The molecule has 0 bridgehead atoms. The SMILES string of the molecule is NC(=O)CONC(=O)c1cc(F)cc(F)c1. The Balaban J connectivity index is 2.62. The lowest BCUT2D eigenvalue weighted by molar-refractivity contribution is -0.124. The van der Waals surface area contributed by atoms with E-state index in [1.165, 1.54) is 0 Å². The van der Waals surface area contributed by atoms with Crippen LogP contribution in [-0.4, -0.2) is 18.4 Å². The highest BCUT2D eigenvalue weighted by Crippen LogP contribution is 2.07. The van der Waals surface area contributed by atoms with E-state index >= 15 is 0 Å². The van der Waals surface area contributed by atoms with E-state index in [2.05, 4.69) is 4.84 Å². The molecule has 7 heteroatoms. The molecule has 2 amide bonds. The zero-order valence-electron chi connectivity index (χ0n) is 8.00. The lowest BCUT2D eigenvalue weighted by Crippen LogP contribution is -2.29. The highest BCUT2D eigenvalue weighted by molar-refractivity contribution is 5.93. The molecule has 0 aromatic heterocycles. The standard InChI is InChI=1S/C9H8F2N2O3/c10-6-1-5(2-7(11)3-6)9(15)13-16-4-8(12)14/h1-3H,4H2,(H2,12,14)(H,13,15). The zero-order valence-corrected chi connectivity index (χ0v) is 8.00. The summed E-state index contributed by atoms with van der Waals surface area (Å²) in [7, 11) is 0. The van der Waals surface area contributed by atoms with Gasteiger partial charge in [0.25, 0.3) is 5.91 Å². The molecule has 0 aliphatic heterocycles. The fourth-order valence-electron chi connectivity index (χ4n) is 0.917. The molecule has 1 aromatic rings. The summed E-state index contributed by atoms with van der Waals surface area (Å²) in [6.07, 6.45) is 0. The van der Waals surface area contributed by atoms with Gasteiger partial charge in [0.05, 0.1) is 0 Å². The van der Waals surface area contributed by atoms with Gasteiger partial charge in [-0.05, 0) is 12.1 Å². The molecule has 3 N–H and O–H groups in total. The molecule has 0 aliphatic rings. The maximum atomic E-state index is 12.7. The van der Waals surface area contributed by atoms with Crippen molar-refractivity contribution in [1.29, 1.82) is 0 Å². The molecule has 0 fully saturated rings. The van der Waals surface area contributed by atoms with Crippen LogP contribution in [0.25, 0.3) is 0 Å². The van der Waals surface area contributed by atoms with Crippen molar-refractivity contribution in [2.45, 2.75) is 0 Å². The third-order valence-corrected chi connectivity index (χ3v) is 1.50. The van der Waals surface area contributed by atoms with Crippen LogP contribution in [-0.2, 0) is 9.63 Å². The molecule has 1 aromatic carbocycles. The van der Waals surface area contributed by atoms with Gasteiger partial charge < -0.3 is 5.73 Å². The van der Waals surface area contributed by atoms with Gasteiger partial charge in [-0.25, -0.2) is 14.3 Å². The minimum Gasteiger partial charge on any atom is -0.368 e. The number of hydroxylamine groups is 1. The lowest BCUT2D eigenvalue weighted by Gasteiger charge is -2.04. The summed E-state index contributed by atoms with van der Waals surface area (Å²) in [6.45, 7) is -0.524. The molecule has 0 atom stereocenters. The summed E-state index contributed by atoms with van der Waals surface area (Å²) in [4.78, 5) is 25.8. The molecule has 1 rings (SSSR count). The number of nitrogens with one attached hydrogen (secondary N) is 1. The number of nitrogens with two attached hydrogens (primary N) is 1. The monoisotopic (exact) mass is 230 g/mol. The van der Waals surface area contributed by atoms with Crippen LogP contribution in [0.5, 0.6) is 0 Å². The van der Waals surface area contributed by atoms with E-state index in [0.717, 1.165) is 12.1 Å². The van der Waals surface area contributed by atoms with Crippen molar-refractivity contribution in [3.63, 3.8) is 0 Å². The van der Waals surface area contributed by atoms with Gasteiger partial charge in [0.2, 0.25) is 5.91 Å². The van der Waals surface area contributed by atoms with Crippen molar-refractivity contribution >= 4 is 11.8 Å². The minimum atomic E-state index is -0.889. The first kappa shape index (κ1) is 12.1. The third-order valence-electron chi connectivity index (χ3n) is 1.50. The van der Waals surface area contributed by atoms with Gasteiger partial charge in [0.1, 0.15) is 11.6 Å². The van der Waals surface area contributed by atoms with Crippen LogP contribution in [0, 0.1) is 11.6 Å². The highest BCUT2D eigenvalue weighted by atomic mass is 19.1. The van der Waals surface area contributed by atoms with Gasteiger partial charge in [-0.1, -0.05) is 0 Å². The van der Waals surface area contributed by atoms with Crippen molar-refractivity contribution < 1.29 is 23.2 Å². The fourth-order valence-corrected chi connectivity index (χ4v) is 0.917. The minimum absolute atomic E-state index is 0.262. The molecule has 16 heavy (non-hydrogen) atoms. The molecule has 0 unspecified atom stereocenters. The van der Waals surface area contributed by atoms with Crippen molar-refractivity contribution in [1.82, 2.24) is 5.48 Å². The molecule has 0 heterocycles. The Morgan fingerprint density at radius 1 is 1.25 bits per heavy atom. The summed E-state index contributed by atoms with van der Waals surface area (Å²) in [5, 5.41) is 0.